The summed E-state index contributed by atoms with van der Waals surface area (Å²) in [6.45, 7) is 1.92. The van der Waals surface area contributed by atoms with Gasteiger partial charge in [0.1, 0.15) is 4.60 Å². The molecule has 90 valence electrons. The van der Waals surface area contributed by atoms with E-state index in [-0.39, 0.29) is 4.90 Å². The van der Waals surface area contributed by atoms with Gasteiger partial charge in [-0.3, -0.25) is 0 Å². The van der Waals surface area contributed by atoms with Gasteiger partial charge in [0.05, 0.1) is 4.90 Å². The molecule has 6 heteroatoms. The molecule has 3 nitrogen and oxygen atoms in total. The predicted molar refractivity (Wildman–Crippen MR) is 78.6 cm³/mol. The van der Waals surface area contributed by atoms with Gasteiger partial charge in [0.25, 0.3) is 10.0 Å². The zero-order valence-electron chi connectivity index (χ0n) is 8.89. The molecule has 0 aliphatic rings. The molecular formula is C11H9BrINO2S. The van der Waals surface area contributed by atoms with Gasteiger partial charge in [-0.05, 0) is 63.6 Å². The molecule has 1 heterocycles. The first-order valence-corrected chi connectivity index (χ1v) is 8.08. The Morgan fingerprint density at radius 2 is 1.82 bits per heavy atom. The molecule has 2 rings (SSSR count). The van der Waals surface area contributed by atoms with Gasteiger partial charge in [0.15, 0.2) is 0 Å². The summed E-state index contributed by atoms with van der Waals surface area (Å²) in [5.41, 5.74) is 1.03. The monoisotopic (exact) mass is 425 g/mol. The molecule has 0 saturated carbocycles. The lowest BCUT2D eigenvalue weighted by Gasteiger charge is -2.07. The summed E-state index contributed by atoms with van der Waals surface area (Å²) in [4.78, 5) is 0.288. The predicted octanol–water partition coefficient (Wildman–Crippen LogP) is 3.40. The smallest absolute Gasteiger partial charge is 0.234 e. The highest BCUT2D eigenvalue weighted by Crippen LogP contribution is 2.23. The first-order chi connectivity index (χ1) is 7.91. The molecule has 0 fully saturated rings. The van der Waals surface area contributed by atoms with Crippen LogP contribution in [-0.4, -0.2) is 12.4 Å². The number of aryl methyl sites for hydroxylation is 1. The molecule has 0 N–H and O–H groups in total. The molecule has 0 radical (unpaired) electrons. The van der Waals surface area contributed by atoms with Gasteiger partial charge in [-0.2, -0.15) is 0 Å². The normalized spacial score (nSPS) is 11.7. The zero-order chi connectivity index (χ0) is 12.6. The van der Waals surface area contributed by atoms with Crippen molar-refractivity contribution in [2.45, 2.75) is 11.8 Å². The van der Waals surface area contributed by atoms with Crippen molar-refractivity contribution in [2.24, 2.45) is 0 Å². The highest BCUT2D eigenvalue weighted by atomic mass is 127. The lowest BCUT2D eigenvalue weighted by atomic mass is 10.2. The first-order valence-electron chi connectivity index (χ1n) is 4.77. The van der Waals surface area contributed by atoms with Gasteiger partial charge in [-0.25, -0.2) is 12.4 Å². The van der Waals surface area contributed by atoms with Crippen LogP contribution in [0.15, 0.2) is 46.0 Å². The van der Waals surface area contributed by atoms with E-state index in [1.165, 1.54) is 3.97 Å². The third kappa shape index (κ3) is 2.58. The zero-order valence-corrected chi connectivity index (χ0v) is 13.5. The largest absolute Gasteiger partial charge is 0.268 e. The van der Waals surface area contributed by atoms with E-state index in [4.69, 9.17) is 0 Å². The average molecular weight is 426 g/mol. The average Bonchev–Trinajstić information content (AvgIpc) is 2.59. The van der Waals surface area contributed by atoms with Crippen molar-refractivity contribution >= 4 is 48.5 Å². The second-order valence-electron chi connectivity index (χ2n) is 3.59. The molecule has 1 aromatic heterocycles. The molecule has 1 aromatic carbocycles. The number of rotatable bonds is 2. The van der Waals surface area contributed by atoms with E-state index in [2.05, 4.69) is 38.5 Å². The van der Waals surface area contributed by atoms with Gasteiger partial charge < -0.3 is 0 Å². The van der Waals surface area contributed by atoms with E-state index < -0.39 is 10.0 Å². The molecule has 0 aliphatic carbocycles. The summed E-state index contributed by atoms with van der Waals surface area (Å²) in [5.74, 6) is 0. The van der Waals surface area contributed by atoms with Gasteiger partial charge in [-0.1, -0.05) is 17.7 Å². The van der Waals surface area contributed by atoms with Crippen LogP contribution in [0.25, 0.3) is 0 Å². The van der Waals surface area contributed by atoms with Crippen LogP contribution < -0.4 is 0 Å². The van der Waals surface area contributed by atoms with Crippen LogP contribution in [-0.2, 0) is 10.0 Å². The van der Waals surface area contributed by atoms with Crippen LogP contribution in [0.2, 0.25) is 0 Å². The SMILES string of the molecule is Cc1ccc(S(=O)(=O)n2cc(I)cc2Br)cc1. The summed E-state index contributed by atoms with van der Waals surface area (Å²) >= 11 is 5.32. The van der Waals surface area contributed by atoms with E-state index in [0.717, 1.165) is 9.13 Å². The molecule has 0 saturated heterocycles. The Morgan fingerprint density at radius 3 is 2.29 bits per heavy atom. The Morgan fingerprint density at radius 1 is 1.24 bits per heavy atom. The van der Waals surface area contributed by atoms with Crippen molar-refractivity contribution < 1.29 is 8.42 Å². The minimum atomic E-state index is -3.50. The number of hydrogen-bond acceptors (Lipinski definition) is 2. The second-order valence-corrected chi connectivity index (χ2v) is 7.47. The van der Waals surface area contributed by atoms with Crippen LogP contribution in [0.3, 0.4) is 0 Å². The molecule has 2 aromatic rings. The maximum absolute atomic E-state index is 12.3. The summed E-state index contributed by atoms with van der Waals surface area (Å²) in [6.07, 6.45) is 1.58. The van der Waals surface area contributed by atoms with Crippen molar-refractivity contribution in [3.05, 3.63) is 50.3 Å². The Balaban J connectivity index is 2.57. The number of nitrogens with zero attached hydrogens (tertiary/aromatic N) is 1. The van der Waals surface area contributed by atoms with E-state index in [0.29, 0.717) is 4.60 Å². The third-order valence-electron chi connectivity index (χ3n) is 2.29. The van der Waals surface area contributed by atoms with E-state index >= 15 is 0 Å². The van der Waals surface area contributed by atoms with E-state index in [9.17, 15) is 8.42 Å². The van der Waals surface area contributed by atoms with Gasteiger partial charge in [-0.15, -0.1) is 0 Å². The number of benzene rings is 1. The van der Waals surface area contributed by atoms with Crippen molar-refractivity contribution in [3.63, 3.8) is 0 Å². The third-order valence-corrected chi connectivity index (χ3v) is 5.41. The number of aromatic nitrogens is 1. The Kier molecular flexibility index (Phi) is 3.65. The second kappa shape index (κ2) is 4.74. The van der Waals surface area contributed by atoms with Crippen LogP contribution >= 0.6 is 38.5 Å². The van der Waals surface area contributed by atoms with Crippen molar-refractivity contribution in [3.8, 4) is 0 Å². The standard InChI is InChI=1S/C11H9BrINO2S/c1-8-2-4-10(5-3-8)17(15,16)14-7-9(13)6-11(14)12/h2-7H,1H3. The van der Waals surface area contributed by atoms with E-state index in [1.54, 1.807) is 36.5 Å². The van der Waals surface area contributed by atoms with Gasteiger partial charge >= 0.3 is 0 Å². The molecule has 0 amide bonds. The number of halogens is 2. The highest BCUT2D eigenvalue weighted by Gasteiger charge is 2.19. The molecule has 17 heavy (non-hydrogen) atoms. The van der Waals surface area contributed by atoms with Crippen molar-refractivity contribution in [1.29, 1.82) is 0 Å². The maximum Gasteiger partial charge on any atom is 0.268 e. The van der Waals surface area contributed by atoms with Crippen molar-refractivity contribution in [2.75, 3.05) is 0 Å². The number of hydrogen-bond donors (Lipinski definition) is 0. The molecular weight excluding hydrogens is 417 g/mol. The molecule has 0 aliphatic heterocycles. The summed E-state index contributed by atoms with van der Waals surface area (Å²) in [6, 6.07) is 8.56. The molecule has 0 spiro atoms. The molecule has 0 unspecified atom stereocenters. The minimum absolute atomic E-state index is 0.288. The molecule has 0 atom stereocenters. The van der Waals surface area contributed by atoms with Crippen LogP contribution in [0.4, 0.5) is 0 Å². The summed E-state index contributed by atoms with van der Waals surface area (Å²) in [7, 11) is -3.50. The minimum Gasteiger partial charge on any atom is -0.234 e. The maximum atomic E-state index is 12.3. The first kappa shape index (κ1) is 13.1. The quantitative estimate of drug-likeness (QED) is 0.691. The van der Waals surface area contributed by atoms with Crippen LogP contribution in [0, 0.1) is 10.5 Å². The summed E-state index contributed by atoms with van der Waals surface area (Å²) in [5, 5.41) is 0. The van der Waals surface area contributed by atoms with E-state index in [1.807, 2.05) is 6.92 Å². The lowest BCUT2D eigenvalue weighted by molar-refractivity contribution is 0.586. The Labute approximate surface area is 122 Å². The summed E-state index contributed by atoms with van der Waals surface area (Å²) < 4.78 is 27.2. The Bertz CT molecular complexity index is 647. The highest BCUT2D eigenvalue weighted by molar-refractivity contribution is 14.1. The van der Waals surface area contributed by atoms with Crippen LogP contribution in [0.5, 0.6) is 0 Å². The lowest BCUT2D eigenvalue weighted by Crippen LogP contribution is -2.12. The van der Waals surface area contributed by atoms with Gasteiger partial charge in [0.2, 0.25) is 0 Å². The fourth-order valence-electron chi connectivity index (χ4n) is 1.40. The Hall–Kier alpha value is -0.340. The fraction of sp³-hybridized carbons (Fsp3) is 0.0909. The molecule has 0 bridgehead atoms. The fourth-order valence-corrected chi connectivity index (χ4v) is 4.75. The topological polar surface area (TPSA) is 39.1 Å². The van der Waals surface area contributed by atoms with Gasteiger partial charge in [0, 0.05) is 9.77 Å². The van der Waals surface area contributed by atoms with Crippen LogP contribution in [0.1, 0.15) is 5.56 Å². The van der Waals surface area contributed by atoms with Crippen molar-refractivity contribution in [1.82, 2.24) is 3.97 Å².